The van der Waals surface area contributed by atoms with E-state index in [9.17, 15) is 14.7 Å². The lowest BCUT2D eigenvalue weighted by atomic mass is 9.91. The van der Waals surface area contributed by atoms with E-state index in [1.54, 1.807) is 4.90 Å². The molecule has 1 N–H and O–H groups in total. The van der Waals surface area contributed by atoms with Gasteiger partial charge in [0.25, 0.3) is 5.91 Å². The Balaban J connectivity index is 1.35. The van der Waals surface area contributed by atoms with Crippen molar-refractivity contribution in [3.05, 3.63) is 54.6 Å². The van der Waals surface area contributed by atoms with Crippen LogP contribution < -0.4 is 4.74 Å². The molecule has 0 bridgehead atoms. The van der Waals surface area contributed by atoms with Gasteiger partial charge in [0.2, 0.25) is 0 Å². The third-order valence-electron chi connectivity index (χ3n) is 5.92. The smallest absolute Gasteiger partial charge is 0.307 e. The average molecular weight is 365 g/mol. The van der Waals surface area contributed by atoms with Gasteiger partial charge in [-0.25, -0.2) is 0 Å². The van der Waals surface area contributed by atoms with Crippen molar-refractivity contribution in [3.8, 4) is 16.9 Å². The van der Waals surface area contributed by atoms with Crippen LogP contribution in [-0.4, -0.2) is 41.6 Å². The third kappa shape index (κ3) is 3.54. The second kappa shape index (κ2) is 7.06. The minimum Gasteiger partial charge on any atom is -0.483 e. The van der Waals surface area contributed by atoms with Crippen molar-refractivity contribution in [1.82, 2.24) is 4.90 Å². The molecule has 140 valence electrons. The van der Waals surface area contributed by atoms with Gasteiger partial charge in [0, 0.05) is 18.7 Å². The van der Waals surface area contributed by atoms with Gasteiger partial charge in [-0.3, -0.25) is 9.59 Å². The predicted octanol–water partition coefficient (Wildman–Crippen LogP) is 3.45. The topological polar surface area (TPSA) is 66.8 Å². The van der Waals surface area contributed by atoms with E-state index >= 15 is 0 Å². The summed E-state index contributed by atoms with van der Waals surface area (Å²) < 4.78 is 5.85. The number of carboxylic acid groups (broad SMARTS) is 1. The first-order valence-corrected chi connectivity index (χ1v) is 9.37. The van der Waals surface area contributed by atoms with Gasteiger partial charge in [0.15, 0.2) is 6.61 Å². The van der Waals surface area contributed by atoms with E-state index in [4.69, 9.17) is 4.74 Å². The molecule has 5 nitrogen and oxygen atoms in total. The molecule has 0 aromatic heterocycles. The third-order valence-corrected chi connectivity index (χ3v) is 5.92. The molecule has 27 heavy (non-hydrogen) atoms. The van der Waals surface area contributed by atoms with Gasteiger partial charge >= 0.3 is 5.97 Å². The van der Waals surface area contributed by atoms with Crippen LogP contribution in [0, 0.1) is 11.3 Å². The molecule has 1 unspecified atom stereocenters. The van der Waals surface area contributed by atoms with E-state index in [1.807, 2.05) is 54.6 Å². The van der Waals surface area contributed by atoms with Crippen LogP contribution >= 0.6 is 0 Å². The van der Waals surface area contributed by atoms with Gasteiger partial charge in [0.05, 0.1) is 5.92 Å². The Morgan fingerprint density at radius 2 is 1.70 bits per heavy atom. The second-order valence-corrected chi connectivity index (χ2v) is 7.49. The fourth-order valence-electron chi connectivity index (χ4n) is 4.13. The highest BCUT2D eigenvalue weighted by Crippen LogP contribution is 2.59. The maximum Gasteiger partial charge on any atom is 0.307 e. The largest absolute Gasteiger partial charge is 0.483 e. The van der Waals surface area contributed by atoms with Crippen LogP contribution in [0.4, 0.5) is 0 Å². The molecule has 1 amide bonds. The van der Waals surface area contributed by atoms with Crippen LogP contribution in [0.15, 0.2) is 54.6 Å². The molecule has 1 aliphatic carbocycles. The Bertz CT molecular complexity index is 840. The first-order chi connectivity index (χ1) is 13.1. The van der Waals surface area contributed by atoms with Crippen LogP contribution in [0.1, 0.15) is 19.3 Å². The highest BCUT2D eigenvalue weighted by atomic mass is 16.5. The summed E-state index contributed by atoms with van der Waals surface area (Å²) in [4.78, 5) is 25.5. The van der Waals surface area contributed by atoms with E-state index in [0.29, 0.717) is 18.8 Å². The number of carbonyl (C=O) groups excluding carboxylic acids is 1. The van der Waals surface area contributed by atoms with Gasteiger partial charge in [-0.2, -0.15) is 0 Å². The molecule has 2 aliphatic rings. The lowest BCUT2D eigenvalue weighted by molar-refractivity contribution is -0.140. The molecule has 1 saturated heterocycles. The number of nitrogens with zero attached hydrogens (tertiary/aromatic N) is 1. The van der Waals surface area contributed by atoms with Crippen molar-refractivity contribution >= 4 is 11.9 Å². The number of hydrogen-bond donors (Lipinski definition) is 1. The van der Waals surface area contributed by atoms with Crippen molar-refractivity contribution < 1.29 is 19.4 Å². The van der Waals surface area contributed by atoms with Crippen molar-refractivity contribution in [1.29, 1.82) is 0 Å². The van der Waals surface area contributed by atoms with Gasteiger partial charge in [-0.05, 0) is 36.3 Å². The lowest BCUT2D eigenvalue weighted by Gasteiger charge is -2.32. The molecule has 1 heterocycles. The van der Waals surface area contributed by atoms with Crippen molar-refractivity contribution in [2.45, 2.75) is 19.3 Å². The van der Waals surface area contributed by atoms with Crippen molar-refractivity contribution in [2.24, 2.45) is 11.3 Å². The Kier molecular flexibility index (Phi) is 4.60. The fourth-order valence-corrected chi connectivity index (χ4v) is 4.13. The van der Waals surface area contributed by atoms with Gasteiger partial charge in [-0.1, -0.05) is 48.5 Å². The zero-order chi connectivity index (χ0) is 18.9. The molecule has 4 rings (SSSR count). The first kappa shape index (κ1) is 17.6. The van der Waals surface area contributed by atoms with Crippen molar-refractivity contribution in [3.63, 3.8) is 0 Å². The quantitative estimate of drug-likeness (QED) is 0.881. The standard InChI is InChI=1S/C22H23NO4/c24-20(23-12-10-22(11-13-23)14-18(22)21(25)26)15-27-19-9-5-4-8-17(19)16-6-2-1-3-7-16/h1-9,18H,10-15H2,(H,25,26). The predicted molar refractivity (Wildman–Crippen MR) is 101 cm³/mol. The Morgan fingerprint density at radius 3 is 2.37 bits per heavy atom. The number of carbonyl (C=O) groups is 2. The molecular formula is C22H23NO4. The summed E-state index contributed by atoms with van der Waals surface area (Å²) in [7, 11) is 0. The number of para-hydroxylation sites is 1. The summed E-state index contributed by atoms with van der Waals surface area (Å²) in [5.74, 6) is -0.265. The van der Waals surface area contributed by atoms with Crippen LogP contribution in [0.3, 0.4) is 0 Å². The molecule has 1 spiro atoms. The number of hydrogen-bond acceptors (Lipinski definition) is 3. The van der Waals surface area contributed by atoms with E-state index in [0.717, 1.165) is 30.4 Å². The Morgan fingerprint density at radius 1 is 1.04 bits per heavy atom. The summed E-state index contributed by atoms with van der Waals surface area (Å²) in [6.45, 7) is 1.23. The van der Waals surface area contributed by atoms with Crippen LogP contribution in [0.5, 0.6) is 5.75 Å². The van der Waals surface area contributed by atoms with Crippen molar-refractivity contribution in [2.75, 3.05) is 19.7 Å². The average Bonchev–Trinajstić information content (AvgIpc) is 3.41. The number of amides is 1. The Labute approximate surface area is 158 Å². The van der Waals surface area contributed by atoms with E-state index < -0.39 is 5.97 Å². The van der Waals surface area contributed by atoms with E-state index in [-0.39, 0.29) is 23.8 Å². The highest BCUT2D eigenvalue weighted by Gasteiger charge is 2.59. The summed E-state index contributed by atoms with van der Waals surface area (Å²) >= 11 is 0. The van der Waals surface area contributed by atoms with Gasteiger partial charge in [-0.15, -0.1) is 0 Å². The summed E-state index contributed by atoms with van der Waals surface area (Å²) in [6.07, 6.45) is 2.30. The number of benzene rings is 2. The van der Waals surface area contributed by atoms with Gasteiger partial charge < -0.3 is 14.7 Å². The van der Waals surface area contributed by atoms with E-state index in [1.165, 1.54) is 0 Å². The number of piperidine rings is 1. The van der Waals surface area contributed by atoms with Gasteiger partial charge in [0.1, 0.15) is 5.75 Å². The number of aliphatic carboxylic acids is 1. The number of ether oxygens (including phenoxy) is 1. The zero-order valence-corrected chi connectivity index (χ0v) is 15.1. The molecule has 1 saturated carbocycles. The summed E-state index contributed by atoms with van der Waals surface area (Å²) in [6, 6.07) is 17.7. The first-order valence-electron chi connectivity index (χ1n) is 9.37. The maximum atomic E-state index is 12.6. The monoisotopic (exact) mass is 365 g/mol. The minimum absolute atomic E-state index is 0.000788. The maximum absolute atomic E-state index is 12.6. The van der Waals surface area contributed by atoms with E-state index in [2.05, 4.69) is 0 Å². The van der Waals surface area contributed by atoms with Crippen LogP contribution in [-0.2, 0) is 9.59 Å². The SMILES string of the molecule is O=C(O)C1CC12CCN(C(=O)COc1ccccc1-c1ccccc1)CC2. The fraction of sp³-hybridized carbons (Fsp3) is 0.364. The molecule has 2 fully saturated rings. The normalized spacial score (nSPS) is 20.3. The number of likely N-dealkylation sites (tertiary alicyclic amines) is 1. The minimum atomic E-state index is -0.698. The molecule has 1 aliphatic heterocycles. The van der Waals surface area contributed by atoms with Crippen LogP contribution in [0.2, 0.25) is 0 Å². The molecule has 1 atom stereocenters. The number of carboxylic acids is 1. The second-order valence-electron chi connectivity index (χ2n) is 7.49. The summed E-state index contributed by atoms with van der Waals surface area (Å²) in [5, 5.41) is 9.18. The molecule has 5 heteroatoms. The van der Waals surface area contributed by atoms with Crippen LogP contribution in [0.25, 0.3) is 11.1 Å². The number of rotatable bonds is 5. The zero-order valence-electron chi connectivity index (χ0n) is 15.1. The molecule has 2 aromatic carbocycles. The highest BCUT2D eigenvalue weighted by molar-refractivity contribution is 5.79. The molecular weight excluding hydrogens is 342 g/mol. The molecule has 2 aromatic rings. The lowest BCUT2D eigenvalue weighted by Crippen LogP contribution is -2.42. The Hall–Kier alpha value is -2.82. The molecule has 0 radical (unpaired) electrons. The summed E-state index contributed by atoms with van der Waals surface area (Å²) in [5.41, 5.74) is 1.95.